The van der Waals surface area contributed by atoms with Crippen LogP contribution in [0, 0.1) is 0 Å². The molecule has 0 aliphatic carbocycles. The van der Waals surface area contributed by atoms with Crippen LogP contribution in [0.4, 0.5) is 5.69 Å². The molecule has 1 aromatic heterocycles. The molecule has 2 nitrogen and oxygen atoms in total. The maximum absolute atomic E-state index is 4.12. The third-order valence-corrected chi connectivity index (χ3v) is 2.17. The minimum absolute atomic E-state index is 1.06. The molecule has 0 aromatic carbocycles. The zero-order chi connectivity index (χ0) is 9.52. The van der Waals surface area contributed by atoms with Gasteiger partial charge < -0.3 is 4.90 Å². The van der Waals surface area contributed by atoms with Crippen LogP contribution in [0.25, 0.3) is 0 Å². The van der Waals surface area contributed by atoms with Crippen molar-refractivity contribution in [1.82, 2.24) is 4.98 Å². The molecule has 0 aliphatic rings. The molecule has 0 spiro atoms. The molecule has 0 radical (unpaired) electrons. The van der Waals surface area contributed by atoms with Gasteiger partial charge in [-0.05, 0) is 25.5 Å². The number of nitrogens with zero attached hydrogens (tertiary/aromatic N) is 2. The SMILES string of the molecule is CCCCN(CC)c1cccnc1. The van der Waals surface area contributed by atoms with Crippen LogP contribution in [0.2, 0.25) is 0 Å². The highest BCUT2D eigenvalue weighted by atomic mass is 15.1. The van der Waals surface area contributed by atoms with Gasteiger partial charge in [-0.1, -0.05) is 13.3 Å². The van der Waals surface area contributed by atoms with Gasteiger partial charge in [-0.3, -0.25) is 4.98 Å². The summed E-state index contributed by atoms with van der Waals surface area (Å²) in [5.74, 6) is 0. The van der Waals surface area contributed by atoms with E-state index in [1.165, 1.54) is 18.5 Å². The van der Waals surface area contributed by atoms with Gasteiger partial charge in [0.1, 0.15) is 0 Å². The van der Waals surface area contributed by atoms with Gasteiger partial charge >= 0.3 is 0 Å². The highest BCUT2D eigenvalue weighted by molar-refractivity contribution is 5.43. The molecule has 0 N–H and O–H groups in total. The minimum Gasteiger partial charge on any atom is -0.371 e. The van der Waals surface area contributed by atoms with Gasteiger partial charge in [0, 0.05) is 19.3 Å². The number of hydrogen-bond donors (Lipinski definition) is 0. The third-order valence-electron chi connectivity index (χ3n) is 2.17. The fourth-order valence-electron chi connectivity index (χ4n) is 1.36. The van der Waals surface area contributed by atoms with E-state index in [0.717, 1.165) is 13.1 Å². The van der Waals surface area contributed by atoms with Crippen molar-refractivity contribution >= 4 is 5.69 Å². The van der Waals surface area contributed by atoms with Crippen molar-refractivity contribution in [3.05, 3.63) is 24.5 Å². The van der Waals surface area contributed by atoms with Crippen molar-refractivity contribution in [1.29, 1.82) is 0 Å². The monoisotopic (exact) mass is 178 g/mol. The maximum Gasteiger partial charge on any atom is 0.0552 e. The van der Waals surface area contributed by atoms with E-state index >= 15 is 0 Å². The van der Waals surface area contributed by atoms with E-state index in [4.69, 9.17) is 0 Å². The number of anilines is 1. The lowest BCUT2D eigenvalue weighted by Gasteiger charge is -2.22. The molecule has 0 fully saturated rings. The van der Waals surface area contributed by atoms with Crippen LogP contribution in [0.1, 0.15) is 26.7 Å². The minimum atomic E-state index is 1.06. The summed E-state index contributed by atoms with van der Waals surface area (Å²) in [6.07, 6.45) is 6.25. The molecule has 0 bridgehead atoms. The Labute approximate surface area is 80.6 Å². The molecular formula is C11H18N2. The van der Waals surface area contributed by atoms with Crippen molar-refractivity contribution in [2.75, 3.05) is 18.0 Å². The number of hydrogen-bond acceptors (Lipinski definition) is 2. The Balaban J connectivity index is 2.56. The Morgan fingerprint density at radius 3 is 2.77 bits per heavy atom. The smallest absolute Gasteiger partial charge is 0.0552 e. The molecule has 0 amide bonds. The van der Waals surface area contributed by atoms with E-state index in [-0.39, 0.29) is 0 Å². The summed E-state index contributed by atoms with van der Waals surface area (Å²) in [5.41, 5.74) is 1.23. The number of aromatic nitrogens is 1. The van der Waals surface area contributed by atoms with Crippen LogP contribution in [0.15, 0.2) is 24.5 Å². The van der Waals surface area contributed by atoms with Gasteiger partial charge in [-0.15, -0.1) is 0 Å². The molecule has 2 heteroatoms. The second kappa shape index (κ2) is 5.57. The fraction of sp³-hybridized carbons (Fsp3) is 0.545. The van der Waals surface area contributed by atoms with Crippen molar-refractivity contribution in [2.24, 2.45) is 0 Å². The normalized spacial score (nSPS) is 10.0. The summed E-state index contributed by atoms with van der Waals surface area (Å²) >= 11 is 0. The van der Waals surface area contributed by atoms with Crippen molar-refractivity contribution in [3.8, 4) is 0 Å². The van der Waals surface area contributed by atoms with E-state index in [1.807, 2.05) is 18.5 Å². The van der Waals surface area contributed by atoms with Crippen LogP contribution in [0.5, 0.6) is 0 Å². The second-order valence-electron chi connectivity index (χ2n) is 3.14. The summed E-state index contributed by atoms with van der Waals surface area (Å²) in [6, 6.07) is 4.11. The molecule has 72 valence electrons. The summed E-state index contributed by atoms with van der Waals surface area (Å²) in [5, 5.41) is 0. The molecule has 0 atom stereocenters. The van der Waals surface area contributed by atoms with Gasteiger partial charge in [-0.25, -0.2) is 0 Å². The first-order valence-corrected chi connectivity index (χ1v) is 5.03. The quantitative estimate of drug-likeness (QED) is 0.689. The standard InChI is InChI=1S/C11H18N2/c1-3-5-9-13(4-2)11-7-6-8-12-10-11/h6-8,10H,3-5,9H2,1-2H3. The van der Waals surface area contributed by atoms with Gasteiger partial charge in [0.2, 0.25) is 0 Å². The van der Waals surface area contributed by atoms with Crippen molar-refractivity contribution in [2.45, 2.75) is 26.7 Å². The summed E-state index contributed by atoms with van der Waals surface area (Å²) < 4.78 is 0. The average Bonchev–Trinajstić information content (AvgIpc) is 2.21. The first kappa shape index (κ1) is 10.0. The number of unbranched alkanes of at least 4 members (excludes halogenated alkanes) is 1. The van der Waals surface area contributed by atoms with Crippen molar-refractivity contribution in [3.63, 3.8) is 0 Å². The van der Waals surface area contributed by atoms with Crippen LogP contribution in [0.3, 0.4) is 0 Å². The molecule has 0 unspecified atom stereocenters. The predicted octanol–water partition coefficient (Wildman–Crippen LogP) is 2.71. The summed E-state index contributed by atoms with van der Waals surface area (Å²) in [7, 11) is 0. The largest absolute Gasteiger partial charge is 0.371 e. The second-order valence-corrected chi connectivity index (χ2v) is 3.14. The van der Waals surface area contributed by atoms with Crippen LogP contribution in [-0.2, 0) is 0 Å². The number of rotatable bonds is 5. The third kappa shape index (κ3) is 3.05. The lowest BCUT2D eigenvalue weighted by molar-refractivity contribution is 0.731. The molecule has 0 saturated heterocycles. The maximum atomic E-state index is 4.12. The van der Waals surface area contributed by atoms with E-state index in [0.29, 0.717) is 0 Å². The first-order chi connectivity index (χ1) is 6.38. The van der Waals surface area contributed by atoms with E-state index in [1.54, 1.807) is 0 Å². The highest BCUT2D eigenvalue weighted by Gasteiger charge is 2.01. The van der Waals surface area contributed by atoms with Crippen LogP contribution >= 0.6 is 0 Å². The van der Waals surface area contributed by atoms with Gasteiger partial charge in [0.15, 0.2) is 0 Å². The van der Waals surface area contributed by atoms with Crippen LogP contribution < -0.4 is 4.90 Å². The zero-order valence-electron chi connectivity index (χ0n) is 8.53. The number of pyridine rings is 1. The van der Waals surface area contributed by atoms with E-state index in [2.05, 4.69) is 29.8 Å². The zero-order valence-corrected chi connectivity index (χ0v) is 8.53. The van der Waals surface area contributed by atoms with Gasteiger partial charge in [-0.2, -0.15) is 0 Å². The van der Waals surface area contributed by atoms with Crippen molar-refractivity contribution < 1.29 is 0 Å². The Kier molecular flexibility index (Phi) is 4.30. The Bertz CT molecular complexity index is 221. The predicted molar refractivity (Wildman–Crippen MR) is 57.0 cm³/mol. The molecular weight excluding hydrogens is 160 g/mol. The Hall–Kier alpha value is -1.05. The Morgan fingerprint density at radius 2 is 2.23 bits per heavy atom. The molecule has 0 saturated carbocycles. The summed E-state index contributed by atoms with van der Waals surface area (Å²) in [4.78, 5) is 6.48. The Morgan fingerprint density at radius 1 is 1.38 bits per heavy atom. The van der Waals surface area contributed by atoms with Gasteiger partial charge in [0.05, 0.1) is 11.9 Å². The van der Waals surface area contributed by atoms with Gasteiger partial charge in [0.25, 0.3) is 0 Å². The van der Waals surface area contributed by atoms with Crippen LogP contribution in [-0.4, -0.2) is 18.1 Å². The lowest BCUT2D eigenvalue weighted by atomic mass is 10.3. The average molecular weight is 178 g/mol. The van der Waals surface area contributed by atoms with E-state index < -0.39 is 0 Å². The topological polar surface area (TPSA) is 16.1 Å². The molecule has 13 heavy (non-hydrogen) atoms. The molecule has 0 aliphatic heterocycles. The summed E-state index contributed by atoms with van der Waals surface area (Å²) in [6.45, 7) is 6.60. The van der Waals surface area contributed by atoms with E-state index in [9.17, 15) is 0 Å². The highest BCUT2D eigenvalue weighted by Crippen LogP contribution is 2.11. The molecule has 1 aromatic rings. The first-order valence-electron chi connectivity index (χ1n) is 5.03. The molecule has 1 heterocycles. The molecule has 1 rings (SSSR count). The fourth-order valence-corrected chi connectivity index (χ4v) is 1.36. The lowest BCUT2D eigenvalue weighted by Crippen LogP contribution is -2.23.